The Kier molecular flexibility index (Phi) is 5.29. The highest BCUT2D eigenvalue weighted by atomic mass is 16.7. The van der Waals surface area contributed by atoms with Crippen molar-refractivity contribution in [2.45, 2.75) is 49.2 Å². The summed E-state index contributed by atoms with van der Waals surface area (Å²) in [6.07, 6.45) is -9.21. The molecule has 2 aliphatic rings. The first kappa shape index (κ1) is 16.0. The summed E-state index contributed by atoms with van der Waals surface area (Å²) in [4.78, 5) is 0. The molecule has 0 aromatic rings. The van der Waals surface area contributed by atoms with E-state index in [1.807, 2.05) is 0 Å². The second-order valence-electron chi connectivity index (χ2n) is 4.80. The van der Waals surface area contributed by atoms with Gasteiger partial charge in [-0.25, -0.2) is 0 Å². The minimum Gasteiger partial charge on any atom is -0.394 e. The molecule has 0 bridgehead atoms. The summed E-state index contributed by atoms with van der Waals surface area (Å²) >= 11 is 0. The van der Waals surface area contributed by atoms with Crippen LogP contribution in [0, 0.1) is 0 Å². The molecule has 0 amide bonds. The molecule has 118 valence electrons. The van der Waals surface area contributed by atoms with Crippen molar-refractivity contribution in [3.8, 4) is 0 Å². The molecule has 0 aliphatic carbocycles. The van der Waals surface area contributed by atoms with Crippen molar-refractivity contribution in [2.75, 3.05) is 20.3 Å². The summed E-state index contributed by atoms with van der Waals surface area (Å²) in [6.45, 7) is -0.645. The summed E-state index contributed by atoms with van der Waals surface area (Å²) in [5, 5.41) is 47.7. The lowest BCUT2D eigenvalue weighted by Gasteiger charge is -2.38. The van der Waals surface area contributed by atoms with Crippen molar-refractivity contribution in [3.05, 3.63) is 0 Å². The molecule has 0 spiro atoms. The zero-order valence-electron chi connectivity index (χ0n) is 10.9. The van der Waals surface area contributed by atoms with E-state index < -0.39 is 55.8 Å². The van der Waals surface area contributed by atoms with Gasteiger partial charge >= 0.3 is 0 Å². The van der Waals surface area contributed by atoms with Crippen LogP contribution in [0.3, 0.4) is 0 Å². The van der Waals surface area contributed by atoms with Gasteiger partial charge in [-0.3, -0.25) is 0 Å². The standard InChI is InChI=1S/C11H20O9/c1-17-9-6(14)4(13)3-18-11(9)20-8-7(15)5(2-12)19-10(8)16/h4-16H,2-3H2,1H3/t4-,5-,6+,7-,8+,9-,10?,11+/m1/s1. The predicted octanol–water partition coefficient (Wildman–Crippen LogP) is -3.46. The Balaban J connectivity index is 2.01. The van der Waals surface area contributed by atoms with E-state index >= 15 is 0 Å². The van der Waals surface area contributed by atoms with Crippen molar-refractivity contribution in [2.24, 2.45) is 0 Å². The molecular weight excluding hydrogens is 276 g/mol. The first-order chi connectivity index (χ1) is 9.49. The Labute approximate surface area is 115 Å². The van der Waals surface area contributed by atoms with Crippen molar-refractivity contribution in [3.63, 3.8) is 0 Å². The highest BCUT2D eigenvalue weighted by molar-refractivity contribution is 4.90. The molecule has 8 atom stereocenters. The van der Waals surface area contributed by atoms with Crippen LogP contribution in [-0.2, 0) is 18.9 Å². The minimum absolute atomic E-state index is 0.172. The van der Waals surface area contributed by atoms with E-state index in [9.17, 15) is 20.4 Å². The van der Waals surface area contributed by atoms with E-state index in [-0.39, 0.29) is 6.61 Å². The molecule has 2 aliphatic heterocycles. The Morgan fingerprint density at radius 3 is 2.35 bits per heavy atom. The Bertz CT molecular complexity index is 314. The minimum atomic E-state index is -1.44. The van der Waals surface area contributed by atoms with Crippen LogP contribution in [0.2, 0.25) is 0 Å². The fourth-order valence-electron chi connectivity index (χ4n) is 2.30. The molecule has 2 saturated heterocycles. The number of hydrogen-bond acceptors (Lipinski definition) is 9. The van der Waals surface area contributed by atoms with Gasteiger partial charge in [-0.2, -0.15) is 0 Å². The van der Waals surface area contributed by atoms with Gasteiger partial charge in [-0.05, 0) is 0 Å². The fraction of sp³-hybridized carbons (Fsp3) is 1.00. The van der Waals surface area contributed by atoms with E-state index in [0.717, 1.165) is 0 Å². The van der Waals surface area contributed by atoms with Crippen molar-refractivity contribution in [1.29, 1.82) is 0 Å². The van der Waals surface area contributed by atoms with E-state index in [0.29, 0.717) is 0 Å². The maximum atomic E-state index is 9.85. The smallest absolute Gasteiger partial charge is 0.187 e. The predicted molar refractivity (Wildman–Crippen MR) is 61.4 cm³/mol. The third-order valence-corrected chi connectivity index (χ3v) is 3.49. The quantitative estimate of drug-likeness (QED) is 0.358. The molecule has 0 aromatic carbocycles. The van der Waals surface area contributed by atoms with Crippen LogP contribution in [-0.4, -0.2) is 95.1 Å². The van der Waals surface area contributed by atoms with E-state index in [1.165, 1.54) is 7.11 Å². The molecule has 20 heavy (non-hydrogen) atoms. The SMILES string of the molecule is CO[C@H]1[C@H](O[C@@H]2C(O)O[C@H](CO)[C@H]2O)OC[C@@H](O)[C@@H]1O. The molecule has 0 saturated carbocycles. The van der Waals surface area contributed by atoms with Crippen molar-refractivity contribution in [1.82, 2.24) is 0 Å². The van der Waals surface area contributed by atoms with Crippen LogP contribution in [0.15, 0.2) is 0 Å². The number of rotatable bonds is 4. The van der Waals surface area contributed by atoms with Gasteiger partial charge in [0.15, 0.2) is 12.6 Å². The van der Waals surface area contributed by atoms with Gasteiger partial charge in [0.05, 0.1) is 13.2 Å². The number of ether oxygens (including phenoxy) is 4. The van der Waals surface area contributed by atoms with E-state index in [4.69, 9.17) is 24.1 Å². The van der Waals surface area contributed by atoms with Gasteiger partial charge in [0.1, 0.15) is 36.6 Å². The molecule has 2 fully saturated rings. The first-order valence-corrected chi connectivity index (χ1v) is 6.28. The molecule has 5 N–H and O–H groups in total. The van der Waals surface area contributed by atoms with Gasteiger partial charge in [-0.15, -0.1) is 0 Å². The summed E-state index contributed by atoms with van der Waals surface area (Å²) in [5.74, 6) is 0. The summed E-state index contributed by atoms with van der Waals surface area (Å²) in [6, 6.07) is 0. The molecule has 0 aromatic heterocycles. The molecule has 0 radical (unpaired) electrons. The van der Waals surface area contributed by atoms with E-state index in [2.05, 4.69) is 0 Å². The normalized spacial score (nSPS) is 49.5. The van der Waals surface area contributed by atoms with E-state index in [1.54, 1.807) is 0 Å². The highest BCUT2D eigenvalue weighted by Crippen LogP contribution is 2.27. The average Bonchev–Trinajstić information content (AvgIpc) is 2.70. The summed E-state index contributed by atoms with van der Waals surface area (Å²) in [5.41, 5.74) is 0. The molecule has 9 heteroatoms. The Morgan fingerprint density at radius 2 is 1.80 bits per heavy atom. The van der Waals surface area contributed by atoms with Crippen LogP contribution in [0.5, 0.6) is 0 Å². The largest absolute Gasteiger partial charge is 0.394 e. The molecule has 1 unspecified atom stereocenters. The lowest BCUT2D eigenvalue weighted by Crippen LogP contribution is -2.56. The van der Waals surface area contributed by atoms with Gasteiger partial charge in [0, 0.05) is 7.11 Å². The molecule has 9 nitrogen and oxygen atoms in total. The van der Waals surface area contributed by atoms with Gasteiger partial charge in [0.25, 0.3) is 0 Å². The number of aliphatic hydroxyl groups is 5. The topological polar surface area (TPSA) is 138 Å². The fourth-order valence-corrected chi connectivity index (χ4v) is 2.30. The zero-order valence-corrected chi connectivity index (χ0v) is 10.9. The number of hydrogen-bond donors (Lipinski definition) is 5. The second kappa shape index (κ2) is 6.60. The van der Waals surface area contributed by atoms with Crippen molar-refractivity contribution >= 4 is 0 Å². The van der Waals surface area contributed by atoms with Crippen LogP contribution >= 0.6 is 0 Å². The second-order valence-corrected chi connectivity index (χ2v) is 4.80. The Hall–Kier alpha value is -0.360. The molecular formula is C11H20O9. The third-order valence-electron chi connectivity index (χ3n) is 3.49. The molecule has 2 heterocycles. The number of aliphatic hydroxyl groups excluding tert-OH is 5. The average molecular weight is 296 g/mol. The van der Waals surface area contributed by atoms with Gasteiger partial charge in [0.2, 0.25) is 0 Å². The number of methoxy groups -OCH3 is 1. The summed E-state index contributed by atoms with van der Waals surface area (Å²) < 4.78 is 20.5. The van der Waals surface area contributed by atoms with Crippen LogP contribution in [0.4, 0.5) is 0 Å². The van der Waals surface area contributed by atoms with Crippen LogP contribution in [0.25, 0.3) is 0 Å². The van der Waals surface area contributed by atoms with Crippen LogP contribution in [0.1, 0.15) is 0 Å². The highest BCUT2D eigenvalue weighted by Gasteiger charge is 2.48. The monoisotopic (exact) mass is 296 g/mol. The Morgan fingerprint density at radius 1 is 1.10 bits per heavy atom. The maximum absolute atomic E-state index is 9.85. The maximum Gasteiger partial charge on any atom is 0.187 e. The first-order valence-electron chi connectivity index (χ1n) is 6.28. The van der Waals surface area contributed by atoms with Gasteiger partial charge < -0.3 is 44.5 Å². The molecule has 2 rings (SSSR count). The lowest BCUT2D eigenvalue weighted by molar-refractivity contribution is -0.304. The van der Waals surface area contributed by atoms with Crippen molar-refractivity contribution < 1.29 is 44.5 Å². The summed E-state index contributed by atoms with van der Waals surface area (Å²) in [7, 11) is 1.31. The zero-order chi connectivity index (χ0) is 14.9. The third kappa shape index (κ3) is 2.96. The lowest BCUT2D eigenvalue weighted by atomic mass is 10.0. The van der Waals surface area contributed by atoms with Gasteiger partial charge in [-0.1, -0.05) is 0 Å². The van der Waals surface area contributed by atoms with Crippen LogP contribution < -0.4 is 0 Å².